The van der Waals surface area contributed by atoms with Gasteiger partial charge in [-0.3, -0.25) is 0 Å². The molecule has 2 amide bonds. The zero-order chi connectivity index (χ0) is 15.2. The first-order valence-electron chi connectivity index (χ1n) is 6.26. The Morgan fingerprint density at radius 1 is 1.20 bits per heavy atom. The number of hydrogen-bond acceptors (Lipinski definition) is 2. The van der Waals surface area contributed by atoms with E-state index in [1.54, 1.807) is 4.90 Å². The number of carbonyl (C=O) groups is 1. The number of nitrogens with zero attached hydrogens (tertiary/aromatic N) is 1. The normalized spacial score (nSPS) is 17.4. The number of nitrogens with two attached hydrogens (primary N) is 1. The SMILES string of the molecule is C=C(/C=C\C(=C/N)C(F)(F)F)NC(=O)N1CCCCC1. The van der Waals surface area contributed by atoms with Crippen molar-refractivity contribution in [3.05, 3.63) is 36.2 Å². The minimum absolute atomic E-state index is 0.0872. The highest BCUT2D eigenvalue weighted by atomic mass is 19.4. The molecule has 1 fully saturated rings. The Hall–Kier alpha value is -1.92. The first-order chi connectivity index (χ1) is 9.34. The molecule has 1 rings (SSSR count). The number of carbonyl (C=O) groups excluding carboxylic acids is 1. The number of halogens is 3. The second kappa shape index (κ2) is 7.02. The first kappa shape index (κ1) is 16.1. The first-order valence-corrected chi connectivity index (χ1v) is 6.26. The molecule has 0 aromatic heterocycles. The third-order valence-corrected chi connectivity index (χ3v) is 2.88. The topological polar surface area (TPSA) is 58.4 Å². The third kappa shape index (κ3) is 4.99. The van der Waals surface area contributed by atoms with Gasteiger partial charge < -0.3 is 16.0 Å². The van der Waals surface area contributed by atoms with Crippen LogP contribution < -0.4 is 11.1 Å². The van der Waals surface area contributed by atoms with Gasteiger partial charge in [0.05, 0.1) is 5.57 Å². The average molecular weight is 289 g/mol. The van der Waals surface area contributed by atoms with E-state index in [9.17, 15) is 18.0 Å². The van der Waals surface area contributed by atoms with Crippen molar-refractivity contribution in [1.29, 1.82) is 0 Å². The van der Waals surface area contributed by atoms with E-state index in [-0.39, 0.29) is 11.7 Å². The zero-order valence-corrected chi connectivity index (χ0v) is 11.0. The fourth-order valence-electron chi connectivity index (χ4n) is 1.79. The molecule has 1 aliphatic rings. The molecular formula is C13H18F3N3O. The van der Waals surface area contributed by atoms with Crippen LogP contribution in [0.5, 0.6) is 0 Å². The number of hydrogen-bond donors (Lipinski definition) is 2. The Morgan fingerprint density at radius 2 is 1.80 bits per heavy atom. The summed E-state index contributed by atoms with van der Waals surface area (Å²) in [6.45, 7) is 4.80. The van der Waals surface area contributed by atoms with Crippen molar-refractivity contribution in [3.8, 4) is 0 Å². The van der Waals surface area contributed by atoms with E-state index in [1.165, 1.54) is 0 Å². The Morgan fingerprint density at radius 3 is 2.30 bits per heavy atom. The molecule has 1 aliphatic heterocycles. The van der Waals surface area contributed by atoms with Crippen molar-refractivity contribution in [2.45, 2.75) is 25.4 Å². The second-order valence-electron chi connectivity index (χ2n) is 4.46. The average Bonchev–Trinajstić information content (AvgIpc) is 2.38. The molecule has 0 aliphatic carbocycles. The van der Waals surface area contributed by atoms with E-state index in [4.69, 9.17) is 5.73 Å². The monoisotopic (exact) mass is 289 g/mol. The Bertz CT molecular complexity index is 421. The Labute approximate surface area is 115 Å². The molecule has 7 heteroatoms. The smallest absolute Gasteiger partial charge is 0.404 e. The number of nitrogens with one attached hydrogen (secondary N) is 1. The summed E-state index contributed by atoms with van der Waals surface area (Å²) in [4.78, 5) is 13.4. The quantitative estimate of drug-likeness (QED) is 0.785. The molecule has 1 saturated heterocycles. The van der Waals surface area contributed by atoms with Crippen molar-refractivity contribution in [2.24, 2.45) is 5.73 Å². The van der Waals surface area contributed by atoms with Crippen LogP contribution in [0.2, 0.25) is 0 Å². The maximum absolute atomic E-state index is 12.4. The Kier molecular flexibility index (Phi) is 5.66. The molecule has 0 unspecified atom stereocenters. The molecule has 0 spiro atoms. The molecule has 4 nitrogen and oxygen atoms in total. The highest BCUT2D eigenvalue weighted by Crippen LogP contribution is 2.25. The minimum atomic E-state index is -4.53. The summed E-state index contributed by atoms with van der Waals surface area (Å²) in [7, 11) is 0. The lowest BCUT2D eigenvalue weighted by molar-refractivity contribution is -0.0883. The molecule has 0 aromatic rings. The fourth-order valence-corrected chi connectivity index (χ4v) is 1.79. The van der Waals surface area contributed by atoms with Crippen molar-refractivity contribution in [3.63, 3.8) is 0 Å². The lowest BCUT2D eigenvalue weighted by Crippen LogP contribution is -2.42. The molecule has 0 aromatic carbocycles. The van der Waals surface area contributed by atoms with Gasteiger partial charge >= 0.3 is 12.2 Å². The van der Waals surface area contributed by atoms with Gasteiger partial charge in [0, 0.05) is 25.0 Å². The maximum Gasteiger partial charge on any atom is 0.417 e. The van der Waals surface area contributed by atoms with Gasteiger partial charge in [0.15, 0.2) is 0 Å². The van der Waals surface area contributed by atoms with Crippen LogP contribution in [-0.4, -0.2) is 30.2 Å². The summed E-state index contributed by atoms with van der Waals surface area (Å²) in [5.74, 6) is 0. The standard InChI is InChI=1S/C13H18F3N3O/c1-10(5-6-11(9-17)13(14,15)16)18-12(20)19-7-3-2-4-8-19/h5-6,9H,1-4,7-8,17H2,(H,18,20)/b6-5-,11-9+. The van der Waals surface area contributed by atoms with Gasteiger partial charge in [-0.1, -0.05) is 6.58 Å². The molecule has 20 heavy (non-hydrogen) atoms. The molecule has 112 valence electrons. The lowest BCUT2D eigenvalue weighted by Gasteiger charge is -2.26. The van der Waals surface area contributed by atoms with Gasteiger partial charge in [-0.2, -0.15) is 13.2 Å². The number of rotatable bonds is 3. The number of allylic oxidation sites excluding steroid dienone is 3. The van der Waals surface area contributed by atoms with E-state index in [0.29, 0.717) is 19.3 Å². The summed E-state index contributed by atoms with van der Waals surface area (Å²) in [5, 5.41) is 2.45. The summed E-state index contributed by atoms with van der Waals surface area (Å²) in [5.41, 5.74) is 4.00. The van der Waals surface area contributed by atoms with Crippen molar-refractivity contribution in [2.75, 3.05) is 13.1 Å². The molecule has 0 atom stereocenters. The summed E-state index contributed by atoms with van der Waals surface area (Å²) in [6, 6.07) is -0.343. The lowest BCUT2D eigenvalue weighted by atomic mass is 10.1. The largest absolute Gasteiger partial charge is 0.417 e. The number of alkyl halides is 3. The van der Waals surface area contributed by atoms with Gasteiger partial charge in [0.2, 0.25) is 0 Å². The molecular weight excluding hydrogens is 271 g/mol. The van der Waals surface area contributed by atoms with Crippen LogP contribution in [0, 0.1) is 0 Å². The van der Waals surface area contributed by atoms with Crippen LogP contribution in [0.4, 0.5) is 18.0 Å². The van der Waals surface area contributed by atoms with E-state index in [2.05, 4.69) is 11.9 Å². The number of likely N-dealkylation sites (tertiary alicyclic amines) is 1. The maximum atomic E-state index is 12.4. The van der Waals surface area contributed by atoms with Crippen LogP contribution in [0.1, 0.15) is 19.3 Å². The van der Waals surface area contributed by atoms with Crippen LogP contribution in [-0.2, 0) is 0 Å². The van der Waals surface area contributed by atoms with Crippen molar-refractivity contribution < 1.29 is 18.0 Å². The number of piperidine rings is 1. The van der Waals surface area contributed by atoms with E-state index < -0.39 is 11.7 Å². The zero-order valence-electron chi connectivity index (χ0n) is 11.0. The van der Waals surface area contributed by atoms with Gasteiger partial charge in [-0.05, 0) is 31.4 Å². The van der Waals surface area contributed by atoms with Crippen molar-refractivity contribution in [1.82, 2.24) is 10.2 Å². The van der Waals surface area contributed by atoms with E-state index >= 15 is 0 Å². The predicted molar refractivity (Wildman–Crippen MR) is 70.6 cm³/mol. The summed E-state index contributed by atoms with van der Waals surface area (Å²) < 4.78 is 37.2. The minimum Gasteiger partial charge on any atom is -0.404 e. The van der Waals surface area contributed by atoms with E-state index in [1.807, 2.05) is 0 Å². The highest BCUT2D eigenvalue weighted by Gasteiger charge is 2.31. The van der Waals surface area contributed by atoms with E-state index in [0.717, 1.165) is 31.4 Å². The third-order valence-electron chi connectivity index (χ3n) is 2.88. The van der Waals surface area contributed by atoms with Crippen LogP contribution in [0.3, 0.4) is 0 Å². The van der Waals surface area contributed by atoms with Gasteiger partial charge in [-0.25, -0.2) is 4.79 Å². The highest BCUT2D eigenvalue weighted by molar-refractivity contribution is 5.76. The number of urea groups is 1. The molecule has 1 heterocycles. The van der Waals surface area contributed by atoms with Gasteiger partial charge in [0.25, 0.3) is 0 Å². The van der Waals surface area contributed by atoms with Crippen LogP contribution >= 0.6 is 0 Å². The van der Waals surface area contributed by atoms with Gasteiger partial charge in [0.1, 0.15) is 0 Å². The predicted octanol–water partition coefficient (Wildman–Crippen LogP) is 2.66. The van der Waals surface area contributed by atoms with Crippen molar-refractivity contribution >= 4 is 6.03 Å². The molecule has 0 bridgehead atoms. The summed E-state index contributed by atoms with van der Waals surface area (Å²) >= 11 is 0. The van der Waals surface area contributed by atoms with Crippen LogP contribution in [0.15, 0.2) is 36.2 Å². The Balaban J connectivity index is 2.52. The van der Waals surface area contributed by atoms with Crippen LogP contribution in [0.25, 0.3) is 0 Å². The molecule has 3 N–H and O–H groups in total. The molecule has 0 radical (unpaired) electrons. The fraction of sp³-hybridized carbons (Fsp3) is 0.462. The number of amides is 2. The molecule has 0 saturated carbocycles. The second-order valence-corrected chi connectivity index (χ2v) is 4.46. The summed E-state index contributed by atoms with van der Waals surface area (Å²) in [6.07, 6.45) is 0.750. The van der Waals surface area contributed by atoms with Gasteiger partial charge in [-0.15, -0.1) is 0 Å².